The van der Waals surface area contributed by atoms with Crippen LogP contribution in [-0.4, -0.2) is 31.8 Å². The fraction of sp³-hybridized carbons (Fsp3) is 0.385. The van der Waals surface area contributed by atoms with Crippen molar-refractivity contribution >= 4 is 24.0 Å². The highest BCUT2D eigenvalue weighted by Gasteiger charge is 2.36. The van der Waals surface area contributed by atoms with Gasteiger partial charge >= 0.3 is 5.97 Å². The number of fused-ring (bicyclic) bond motifs is 1. The van der Waals surface area contributed by atoms with Crippen molar-refractivity contribution in [2.45, 2.75) is 19.1 Å². The Kier molecular flexibility index (Phi) is 3.40. The van der Waals surface area contributed by atoms with E-state index in [1.807, 2.05) is 0 Å². The fourth-order valence-corrected chi connectivity index (χ4v) is 2.42. The molecule has 0 aromatic heterocycles. The maximum Gasteiger partial charge on any atom is 0.335 e. The average Bonchev–Trinajstić information content (AvgIpc) is 3.07. The molecule has 3 rings (SSSR count). The highest BCUT2D eigenvalue weighted by atomic mass is 35.5. The molecule has 0 bridgehead atoms. The summed E-state index contributed by atoms with van der Waals surface area (Å²) >= 11 is 6.12. The maximum absolute atomic E-state index is 11.8. The third kappa shape index (κ3) is 2.16. The van der Waals surface area contributed by atoms with E-state index in [-0.39, 0.29) is 6.79 Å². The van der Waals surface area contributed by atoms with E-state index in [9.17, 15) is 4.79 Å². The van der Waals surface area contributed by atoms with Crippen molar-refractivity contribution in [3.05, 3.63) is 22.7 Å². The number of benzene rings is 1. The number of halogens is 1. The number of hydrogen-bond donors (Lipinski definition) is 0. The second-order valence-corrected chi connectivity index (χ2v) is 4.65. The lowest BCUT2D eigenvalue weighted by molar-refractivity contribution is -0.146. The lowest BCUT2D eigenvalue weighted by atomic mass is 10.0. The third-order valence-corrected chi connectivity index (χ3v) is 3.30. The molecule has 7 heteroatoms. The second-order valence-electron chi connectivity index (χ2n) is 4.24. The molecule has 2 unspecified atom stereocenters. The van der Waals surface area contributed by atoms with E-state index in [2.05, 4.69) is 4.99 Å². The number of nitrogens with zero attached hydrogens (tertiary/aromatic N) is 1. The summed E-state index contributed by atoms with van der Waals surface area (Å²) in [6.07, 6.45) is 0.686. The van der Waals surface area contributed by atoms with Crippen LogP contribution in [0.15, 0.2) is 17.1 Å². The molecule has 2 aliphatic heterocycles. The van der Waals surface area contributed by atoms with Crippen LogP contribution >= 0.6 is 11.6 Å². The van der Waals surface area contributed by atoms with Crippen molar-refractivity contribution in [2.24, 2.45) is 4.99 Å². The van der Waals surface area contributed by atoms with E-state index >= 15 is 0 Å². The van der Waals surface area contributed by atoms with E-state index in [0.717, 1.165) is 0 Å². The smallest absolute Gasteiger partial charge is 0.335 e. The average molecular weight is 298 g/mol. The third-order valence-electron chi connectivity index (χ3n) is 3.02. The van der Waals surface area contributed by atoms with Crippen molar-refractivity contribution in [3.8, 4) is 11.5 Å². The SMILES string of the molecule is CCOC(=O)C1N=COC1c1cc(Cl)c2c(c1)OCO2. The zero-order chi connectivity index (χ0) is 14.1. The molecule has 0 fully saturated rings. The van der Waals surface area contributed by atoms with Gasteiger partial charge in [-0.1, -0.05) is 11.6 Å². The first-order chi connectivity index (χ1) is 9.70. The van der Waals surface area contributed by atoms with Gasteiger partial charge in [0.2, 0.25) is 6.79 Å². The van der Waals surface area contributed by atoms with Crippen LogP contribution < -0.4 is 9.47 Å². The van der Waals surface area contributed by atoms with Gasteiger partial charge in [-0.2, -0.15) is 0 Å². The molecule has 0 radical (unpaired) electrons. The molecule has 106 valence electrons. The molecule has 0 saturated carbocycles. The summed E-state index contributed by atoms with van der Waals surface area (Å²) < 4.78 is 20.9. The van der Waals surface area contributed by atoms with Crippen LogP contribution in [0.1, 0.15) is 18.6 Å². The van der Waals surface area contributed by atoms with Crippen LogP contribution in [0.2, 0.25) is 5.02 Å². The van der Waals surface area contributed by atoms with Gasteiger partial charge in [-0.25, -0.2) is 9.79 Å². The number of carbonyl (C=O) groups is 1. The zero-order valence-corrected chi connectivity index (χ0v) is 11.4. The summed E-state index contributed by atoms with van der Waals surface area (Å²) in [4.78, 5) is 15.8. The topological polar surface area (TPSA) is 66.4 Å². The summed E-state index contributed by atoms with van der Waals surface area (Å²) in [5, 5.41) is 0.410. The van der Waals surface area contributed by atoms with Gasteiger partial charge in [0.15, 0.2) is 30.0 Å². The zero-order valence-electron chi connectivity index (χ0n) is 10.7. The van der Waals surface area contributed by atoms with Crippen LogP contribution in [0.4, 0.5) is 0 Å². The van der Waals surface area contributed by atoms with Gasteiger partial charge in [-0.3, -0.25) is 0 Å². The summed E-state index contributed by atoms with van der Waals surface area (Å²) in [7, 11) is 0. The number of aliphatic imine (C=N–C) groups is 1. The quantitative estimate of drug-likeness (QED) is 0.799. The lowest BCUT2D eigenvalue weighted by Crippen LogP contribution is -2.26. The normalized spacial score (nSPS) is 22.7. The molecule has 0 amide bonds. The predicted molar refractivity (Wildman–Crippen MR) is 70.3 cm³/mol. The molecule has 20 heavy (non-hydrogen) atoms. The molecule has 2 aliphatic rings. The summed E-state index contributed by atoms with van der Waals surface area (Å²) in [6.45, 7) is 2.16. The first-order valence-electron chi connectivity index (χ1n) is 6.13. The Morgan fingerprint density at radius 3 is 3.15 bits per heavy atom. The number of esters is 1. The first-order valence-corrected chi connectivity index (χ1v) is 6.51. The monoisotopic (exact) mass is 297 g/mol. The summed E-state index contributed by atoms with van der Waals surface area (Å²) in [5.41, 5.74) is 0.690. The molecule has 1 aromatic rings. The largest absolute Gasteiger partial charge is 0.473 e. The number of ether oxygens (including phenoxy) is 4. The Balaban J connectivity index is 1.89. The van der Waals surface area contributed by atoms with Gasteiger partial charge in [0.25, 0.3) is 0 Å². The first kappa shape index (κ1) is 13.1. The van der Waals surface area contributed by atoms with Crippen LogP contribution in [0.5, 0.6) is 11.5 Å². The molecule has 6 nitrogen and oxygen atoms in total. The van der Waals surface area contributed by atoms with E-state index in [0.29, 0.717) is 28.7 Å². The number of carbonyl (C=O) groups excluding carboxylic acids is 1. The van der Waals surface area contributed by atoms with Crippen molar-refractivity contribution in [3.63, 3.8) is 0 Å². The second kappa shape index (κ2) is 5.20. The molecule has 1 aromatic carbocycles. The van der Waals surface area contributed by atoms with E-state index < -0.39 is 18.1 Å². The summed E-state index contributed by atoms with van der Waals surface area (Å²) in [6, 6.07) is 2.69. The number of hydrogen-bond acceptors (Lipinski definition) is 6. The Morgan fingerprint density at radius 2 is 2.35 bits per heavy atom. The minimum Gasteiger partial charge on any atom is -0.473 e. The molecular weight excluding hydrogens is 286 g/mol. The van der Waals surface area contributed by atoms with Gasteiger partial charge in [0.1, 0.15) is 0 Å². The predicted octanol–water partition coefficient (Wildman–Crippen LogP) is 2.10. The van der Waals surface area contributed by atoms with Crippen molar-refractivity contribution in [2.75, 3.05) is 13.4 Å². The van der Waals surface area contributed by atoms with Crippen LogP contribution in [0, 0.1) is 0 Å². The minimum absolute atomic E-state index is 0.127. The highest BCUT2D eigenvalue weighted by molar-refractivity contribution is 6.32. The van der Waals surface area contributed by atoms with E-state index in [1.54, 1.807) is 19.1 Å². The fourth-order valence-electron chi connectivity index (χ4n) is 2.14. The van der Waals surface area contributed by atoms with Gasteiger partial charge in [-0.15, -0.1) is 0 Å². The van der Waals surface area contributed by atoms with Crippen LogP contribution in [0.25, 0.3) is 0 Å². The Labute approximate surface area is 120 Å². The maximum atomic E-state index is 11.8. The molecule has 0 spiro atoms. The van der Waals surface area contributed by atoms with Gasteiger partial charge in [0, 0.05) is 5.56 Å². The van der Waals surface area contributed by atoms with Crippen molar-refractivity contribution in [1.29, 1.82) is 0 Å². The highest BCUT2D eigenvalue weighted by Crippen LogP contribution is 2.42. The lowest BCUT2D eigenvalue weighted by Gasteiger charge is -2.17. The Bertz CT molecular complexity index is 574. The van der Waals surface area contributed by atoms with E-state index in [1.165, 1.54) is 6.40 Å². The van der Waals surface area contributed by atoms with Crippen LogP contribution in [-0.2, 0) is 14.3 Å². The van der Waals surface area contributed by atoms with Gasteiger partial charge in [-0.05, 0) is 19.1 Å². The molecule has 0 N–H and O–H groups in total. The minimum atomic E-state index is -0.730. The van der Waals surface area contributed by atoms with Gasteiger partial charge in [0.05, 0.1) is 11.6 Å². The molecular formula is C13H12ClNO5. The molecule has 0 aliphatic carbocycles. The van der Waals surface area contributed by atoms with Crippen molar-refractivity contribution in [1.82, 2.24) is 0 Å². The molecule has 0 saturated heterocycles. The van der Waals surface area contributed by atoms with E-state index in [4.69, 9.17) is 30.5 Å². The Morgan fingerprint density at radius 1 is 1.50 bits per heavy atom. The Hall–Kier alpha value is -1.95. The summed E-state index contributed by atoms with van der Waals surface area (Å²) in [5.74, 6) is 0.604. The molecule has 2 atom stereocenters. The van der Waals surface area contributed by atoms with Crippen LogP contribution in [0.3, 0.4) is 0 Å². The standard InChI is InChI=1S/C13H12ClNO5/c1-2-17-13(16)10-11(18-5-15-10)7-3-8(14)12-9(4-7)19-6-20-12/h3-5,10-11H,2,6H2,1H3. The van der Waals surface area contributed by atoms with Gasteiger partial charge < -0.3 is 18.9 Å². The number of rotatable bonds is 3. The molecule has 2 heterocycles. The van der Waals surface area contributed by atoms with Crippen molar-refractivity contribution < 1.29 is 23.7 Å².